The molecule has 10 aromatic rings. The molecule has 5 aliphatic rings. The van der Waals surface area contributed by atoms with Crippen LogP contribution < -0.4 is 0 Å². The van der Waals surface area contributed by atoms with Crippen LogP contribution in [0.1, 0.15) is 91.6 Å². The van der Waals surface area contributed by atoms with E-state index < -0.39 is 167 Å². The molecule has 10 aromatic carbocycles. The molecule has 0 aromatic heterocycles. The molecule has 0 bridgehead atoms. The van der Waals surface area contributed by atoms with E-state index in [0.29, 0.717) is 12.2 Å². The molecule has 5 heterocycles. The molecule has 0 spiro atoms. The Morgan fingerprint density at radius 3 is 0.887 bits per heavy atom. The molecule has 26 nitrogen and oxygen atoms in total. The fourth-order valence-corrected chi connectivity index (χ4v) is 17.6. The lowest BCUT2D eigenvalue weighted by Gasteiger charge is -2.53. The van der Waals surface area contributed by atoms with Crippen molar-refractivity contribution in [2.45, 2.75) is 229 Å². The normalized spacial score (nSPS) is 25.9. The topological polar surface area (TPSA) is 273 Å². The summed E-state index contributed by atoms with van der Waals surface area (Å²) in [5, 5.41) is 0. The zero-order chi connectivity index (χ0) is 92.3. The van der Waals surface area contributed by atoms with Gasteiger partial charge in [0.15, 0.2) is 37.4 Å². The summed E-state index contributed by atoms with van der Waals surface area (Å²) in [6.07, 6.45) is -26.4. The van der Waals surface area contributed by atoms with Crippen LogP contribution in [0.15, 0.2) is 297 Å². The largest absolute Gasteiger partial charge is 0.463 e. The van der Waals surface area contributed by atoms with Gasteiger partial charge in [0.25, 0.3) is 11.8 Å². The number of hydrogen-bond acceptors (Lipinski definition) is 25. The number of hydrogen-bond donors (Lipinski definition) is 0. The van der Waals surface area contributed by atoms with E-state index in [1.807, 2.05) is 273 Å². The number of ether oxygens (including phenoxy) is 20. The average Bonchev–Trinajstić information content (AvgIpc) is 1.71. The van der Waals surface area contributed by atoms with Crippen LogP contribution in [0, 0.1) is 0 Å². The standard InChI is InChI=1S/C106H117NO25Si/c1-71(108)117-70-88-91(124-72(2)109)94(125-73(3)110)89(107-101(111)83-54-34-35-55-84(83)102(107)112)103(126-88)132-97-90(118-61-77-42-22-10-23-43-77)85(67-113-58-74-36-16-7-17-37-74)128-106(100(97)123-66-82-52-32-15-33-53-82)131-93-87(69-115-60-76-40-20-9-21-41-76)129-105(99(122-65-81-50-30-14-31-51-81)96(93)120-63-79-46-26-12-27-47-79)130-92-86(68-114-59-75-38-18-8-19-39-75)127-104(116-56-57-133(4,5)6)98(121-64-80-48-28-13-29-49-80)95(92)119-62-78-44-24-11-25-45-78/h7-55,85-100,103-106H,56-70H2,1-6H3/t85-,86-,87-,88-,89-,90+,91+,92-,93+,94-,95+,96+,97+,98-,99-,100-,103+,104-,105+,106-/m1/s1. The second kappa shape index (κ2) is 48.5. The highest BCUT2D eigenvalue weighted by atomic mass is 28.3. The number of nitrogens with zero attached hydrogens (tertiary/aromatic N) is 1. The number of rotatable bonds is 45. The summed E-state index contributed by atoms with van der Waals surface area (Å²) in [4.78, 5) is 72.7. The Labute approximate surface area is 777 Å². The van der Waals surface area contributed by atoms with Crippen molar-refractivity contribution in [1.29, 1.82) is 0 Å². The van der Waals surface area contributed by atoms with Crippen molar-refractivity contribution in [2.75, 3.05) is 33.0 Å². The van der Waals surface area contributed by atoms with Crippen LogP contribution in [-0.2, 0) is 169 Å². The van der Waals surface area contributed by atoms with Gasteiger partial charge in [-0.05, 0) is 68.2 Å². The maximum Gasteiger partial charge on any atom is 0.303 e. The first-order valence-corrected chi connectivity index (χ1v) is 49.0. The molecule has 0 radical (unpaired) electrons. The van der Waals surface area contributed by atoms with E-state index >= 15 is 9.59 Å². The number of esters is 3. The van der Waals surface area contributed by atoms with Crippen LogP contribution in [-0.4, -0.2) is 198 Å². The third kappa shape index (κ3) is 27.1. The van der Waals surface area contributed by atoms with Gasteiger partial charge in [-0.3, -0.25) is 28.9 Å². The molecule has 27 heteroatoms. The Bertz CT molecular complexity index is 5180. The molecule has 20 atom stereocenters. The van der Waals surface area contributed by atoms with Crippen LogP contribution in [0.2, 0.25) is 25.7 Å². The number of fused-ring (bicyclic) bond motifs is 1. The summed E-state index contributed by atoms with van der Waals surface area (Å²) >= 11 is 0. The third-order valence-electron chi connectivity index (χ3n) is 23.5. The molecule has 5 aliphatic heterocycles. The second-order valence-corrected chi connectivity index (χ2v) is 40.3. The molecule has 4 saturated heterocycles. The van der Waals surface area contributed by atoms with Gasteiger partial charge < -0.3 is 94.7 Å². The second-order valence-electron chi connectivity index (χ2n) is 34.7. The number of imide groups is 1. The molecule has 15 rings (SSSR count). The number of carbonyl (C=O) groups is 5. The zero-order valence-corrected chi connectivity index (χ0v) is 76.6. The zero-order valence-electron chi connectivity index (χ0n) is 75.6. The lowest BCUT2D eigenvalue weighted by molar-refractivity contribution is -0.400. The molecule has 0 saturated carbocycles. The van der Waals surface area contributed by atoms with Crippen molar-refractivity contribution < 1.29 is 119 Å². The van der Waals surface area contributed by atoms with Crippen LogP contribution in [0.4, 0.5) is 0 Å². The minimum Gasteiger partial charge on any atom is -0.463 e. The highest BCUT2D eigenvalue weighted by molar-refractivity contribution is 6.76. The molecular weight excluding hydrogens is 1720 g/mol. The van der Waals surface area contributed by atoms with Gasteiger partial charge in [0, 0.05) is 35.5 Å². The SMILES string of the molecule is CC(=O)OC[C@H]1O[C@@H](O[C@H]2[C@@H](OCc3ccccc3)[C@@H](COCc3ccccc3)O[C@H](O[C@@H]3[C@H](OCc4ccccc4)[C@@H](OCc4ccccc4)[C@H](O[C@H]4[C@H](OCc5ccccc5)[C@@H](OCc5ccccc5)[C@H](OCC[Si](C)(C)C)O[C@@H]4COCc4ccccc4)O[C@@H]3COCc3ccccc3)[C@@H]2OCc2ccccc2)[C@H](N2C(=O)c3ccccc3C2=O)[C@@H](OC(C)=O)[C@H]1OC(C)=O. The monoisotopic (exact) mass is 1830 g/mol. The fraction of sp³-hybridized carbons (Fsp3) is 0.387. The van der Waals surface area contributed by atoms with E-state index in [2.05, 4.69) is 19.6 Å². The van der Waals surface area contributed by atoms with Crippen molar-refractivity contribution in [1.82, 2.24) is 4.90 Å². The van der Waals surface area contributed by atoms with E-state index in [1.54, 1.807) is 12.1 Å². The summed E-state index contributed by atoms with van der Waals surface area (Å²) in [6, 6.07) is 92.1. The Kier molecular flexibility index (Phi) is 35.3. The van der Waals surface area contributed by atoms with Crippen LogP contribution in [0.5, 0.6) is 0 Å². The van der Waals surface area contributed by atoms with Gasteiger partial charge >= 0.3 is 17.9 Å². The summed E-state index contributed by atoms with van der Waals surface area (Å²) in [7, 11) is -1.74. The maximum absolute atomic E-state index is 15.5. The van der Waals surface area contributed by atoms with Crippen molar-refractivity contribution in [3.8, 4) is 0 Å². The molecule has 700 valence electrons. The van der Waals surface area contributed by atoms with Gasteiger partial charge in [0.2, 0.25) is 0 Å². The number of carbonyl (C=O) groups excluding carboxylic acids is 5. The highest BCUT2D eigenvalue weighted by Gasteiger charge is 2.62. The van der Waals surface area contributed by atoms with Gasteiger partial charge in [-0.25, -0.2) is 0 Å². The number of benzene rings is 10. The number of amides is 2. The average molecular weight is 1830 g/mol. The summed E-state index contributed by atoms with van der Waals surface area (Å²) in [5.41, 5.74) is 7.27. The lowest BCUT2D eigenvalue weighted by Crippen LogP contribution is -2.70. The van der Waals surface area contributed by atoms with E-state index in [1.165, 1.54) is 19.1 Å². The summed E-state index contributed by atoms with van der Waals surface area (Å²) in [5.74, 6) is -4.22. The van der Waals surface area contributed by atoms with Crippen LogP contribution in [0.25, 0.3) is 0 Å². The molecule has 0 aliphatic carbocycles. The van der Waals surface area contributed by atoms with Gasteiger partial charge in [-0.1, -0.05) is 305 Å². The highest BCUT2D eigenvalue weighted by Crippen LogP contribution is 2.43. The van der Waals surface area contributed by atoms with E-state index in [0.717, 1.165) is 69.3 Å². The predicted octanol–water partition coefficient (Wildman–Crippen LogP) is 15.7. The van der Waals surface area contributed by atoms with E-state index in [9.17, 15) is 14.4 Å². The van der Waals surface area contributed by atoms with Crippen LogP contribution >= 0.6 is 0 Å². The predicted molar refractivity (Wildman–Crippen MR) is 490 cm³/mol. The Morgan fingerprint density at radius 2 is 0.549 bits per heavy atom. The molecule has 2 amide bonds. The maximum atomic E-state index is 15.5. The smallest absolute Gasteiger partial charge is 0.303 e. The summed E-state index contributed by atoms with van der Waals surface area (Å²) < 4.78 is 144. The lowest BCUT2D eigenvalue weighted by atomic mass is 9.93. The minimum atomic E-state index is -1.96. The van der Waals surface area contributed by atoms with Gasteiger partial charge in [0.05, 0.1) is 90.4 Å². The van der Waals surface area contributed by atoms with Crippen molar-refractivity contribution in [3.63, 3.8) is 0 Å². The molecule has 133 heavy (non-hydrogen) atoms. The Balaban J connectivity index is 0.912. The molecular formula is C106H117NO25Si. The van der Waals surface area contributed by atoms with Gasteiger partial charge in [-0.2, -0.15) is 0 Å². The first kappa shape index (κ1) is 96.8. The minimum absolute atomic E-state index is 0.00127. The van der Waals surface area contributed by atoms with Gasteiger partial charge in [-0.15, -0.1) is 0 Å². The first-order chi connectivity index (χ1) is 64.9. The van der Waals surface area contributed by atoms with E-state index in [-0.39, 0.29) is 90.4 Å². The third-order valence-corrected chi connectivity index (χ3v) is 25.2. The molecule has 0 N–H and O–H groups in total. The molecule has 0 unspecified atom stereocenters. The first-order valence-electron chi connectivity index (χ1n) is 45.3. The quantitative estimate of drug-likeness (QED) is 0.0148. The Morgan fingerprint density at radius 1 is 0.278 bits per heavy atom. The summed E-state index contributed by atoms with van der Waals surface area (Å²) in [6.45, 7) is 9.67. The van der Waals surface area contributed by atoms with Crippen molar-refractivity contribution in [3.05, 3.63) is 358 Å². The molecule has 4 fully saturated rings. The van der Waals surface area contributed by atoms with Gasteiger partial charge in [0.1, 0.15) is 92.0 Å². The van der Waals surface area contributed by atoms with E-state index in [4.69, 9.17) is 94.7 Å². The van der Waals surface area contributed by atoms with Crippen molar-refractivity contribution >= 4 is 37.8 Å². The van der Waals surface area contributed by atoms with Crippen molar-refractivity contribution in [2.24, 2.45) is 0 Å². The van der Waals surface area contributed by atoms with Crippen LogP contribution in [0.3, 0.4) is 0 Å². The fourth-order valence-electron chi connectivity index (χ4n) is 16.9. The Hall–Kier alpha value is -10.7.